The molecule has 1 aliphatic rings. The third-order valence-electron chi connectivity index (χ3n) is 5.89. The number of hydrogen-bond donors (Lipinski definition) is 0. The van der Waals surface area contributed by atoms with E-state index in [1.54, 1.807) is 6.26 Å². The molecule has 5 heteroatoms. The van der Waals surface area contributed by atoms with Crippen LogP contribution in [0.2, 0.25) is 0 Å². The maximum absolute atomic E-state index is 13.0. The third kappa shape index (κ3) is 3.84. The average molecular weight is 387 g/mol. The summed E-state index contributed by atoms with van der Waals surface area (Å²) in [5, 5.41) is 10.0. The molecule has 2 heterocycles. The zero-order valence-electron chi connectivity index (χ0n) is 16.9. The maximum atomic E-state index is 13.0. The van der Waals surface area contributed by atoms with Gasteiger partial charge in [0.25, 0.3) is 0 Å². The zero-order valence-corrected chi connectivity index (χ0v) is 16.9. The van der Waals surface area contributed by atoms with Crippen LogP contribution in [0.25, 0.3) is 11.0 Å². The molecule has 1 aromatic heterocycles. The Morgan fingerprint density at radius 3 is 2.62 bits per heavy atom. The van der Waals surface area contributed by atoms with E-state index < -0.39 is 0 Å². The van der Waals surface area contributed by atoms with Gasteiger partial charge in [-0.25, -0.2) is 0 Å². The van der Waals surface area contributed by atoms with E-state index in [0.717, 1.165) is 53.8 Å². The number of nitrogens with zero attached hydrogens (tertiary/aromatic N) is 3. The summed E-state index contributed by atoms with van der Waals surface area (Å²) >= 11 is 0. The molecule has 0 bridgehead atoms. The van der Waals surface area contributed by atoms with Gasteiger partial charge in [0, 0.05) is 42.8 Å². The number of furan rings is 1. The number of hydrogen-bond acceptors (Lipinski definition) is 4. The first kappa shape index (κ1) is 19.1. The van der Waals surface area contributed by atoms with E-state index in [1.807, 2.05) is 29.2 Å². The fourth-order valence-electron chi connectivity index (χ4n) is 3.97. The minimum atomic E-state index is 0.146. The van der Waals surface area contributed by atoms with Crippen molar-refractivity contribution in [1.82, 2.24) is 4.90 Å². The predicted molar refractivity (Wildman–Crippen MR) is 114 cm³/mol. The minimum absolute atomic E-state index is 0.146. The molecule has 0 saturated carbocycles. The van der Waals surface area contributed by atoms with Crippen molar-refractivity contribution in [2.24, 2.45) is 0 Å². The fourth-order valence-corrected chi connectivity index (χ4v) is 3.97. The molecule has 1 fully saturated rings. The highest BCUT2D eigenvalue weighted by Crippen LogP contribution is 2.27. The number of benzene rings is 2. The predicted octanol–water partition coefficient (Wildman–Crippen LogP) is 4.20. The highest BCUT2D eigenvalue weighted by atomic mass is 16.3. The van der Waals surface area contributed by atoms with E-state index in [1.165, 1.54) is 5.56 Å². The molecule has 148 valence electrons. The first-order chi connectivity index (χ1) is 14.1. The van der Waals surface area contributed by atoms with Gasteiger partial charge in [-0.1, -0.05) is 12.1 Å². The first-order valence-electron chi connectivity index (χ1n) is 10.1. The van der Waals surface area contributed by atoms with Crippen molar-refractivity contribution in [2.45, 2.75) is 26.7 Å². The van der Waals surface area contributed by atoms with Crippen molar-refractivity contribution >= 4 is 22.6 Å². The number of aryl methyl sites for hydroxylation is 2. The number of carbonyl (C=O) groups is 1. The van der Waals surface area contributed by atoms with E-state index in [9.17, 15) is 4.79 Å². The Hall–Kier alpha value is -3.26. The Morgan fingerprint density at radius 2 is 1.86 bits per heavy atom. The second kappa shape index (κ2) is 8.00. The van der Waals surface area contributed by atoms with Crippen LogP contribution in [0.5, 0.6) is 0 Å². The van der Waals surface area contributed by atoms with Crippen LogP contribution in [0.1, 0.15) is 28.7 Å². The van der Waals surface area contributed by atoms with Gasteiger partial charge < -0.3 is 14.2 Å². The standard InChI is InChI=1S/C24H25N3O2/c1-17-4-9-22-20(16-29-24(22)18(17)2)14-23(28)27-11-3-10-26(12-13-27)21-7-5-19(15-25)6-8-21/h4-9,16H,3,10-14H2,1-2H3. The molecule has 29 heavy (non-hydrogen) atoms. The highest BCUT2D eigenvalue weighted by molar-refractivity contribution is 5.89. The van der Waals surface area contributed by atoms with Gasteiger partial charge in [-0.05, 0) is 55.7 Å². The number of anilines is 1. The zero-order chi connectivity index (χ0) is 20.4. The topological polar surface area (TPSA) is 60.5 Å². The monoisotopic (exact) mass is 387 g/mol. The van der Waals surface area contributed by atoms with Gasteiger partial charge in [0.2, 0.25) is 5.91 Å². The Kier molecular flexibility index (Phi) is 5.26. The highest BCUT2D eigenvalue weighted by Gasteiger charge is 2.21. The third-order valence-corrected chi connectivity index (χ3v) is 5.89. The normalized spacial score (nSPS) is 14.7. The summed E-state index contributed by atoms with van der Waals surface area (Å²) in [7, 11) is 0. The smallest absolute Gasteiger partial charge is 0.227 e. The molecular formula is C24H25N3O2. The van der Waals surface area contributed by atoms with E-state index in [4.69, 9.17) is 9.68 Å². The van der Waals surface area contributed by atoms with Crippen molar-refractivity contribution < 1.29 is 9.21 Å². The molecule has 0 spiro atoms. The van der Waals surface area contributed by atoms with Crippen LogP contribution in [-0.2, 0) is 11.2 Å². The lowest BCUT2D eigenvalue weighted by atomic mass is 10.0. The van der Waals surface area contributed by atoms with Crippen LogP contribution in [0.3, 0.4) is 0 Å². The lowest BCUT2D eigenvalue weighted by molar-refractivity contribution is -0.130. The van der Waals surface area contributed by atoms with Crippen LogP contribution in [0.4, 0.5) is 5.69 Å². The lowest BCUT2D eigenvalue weighted by Crippen LogP contribution is -2.36. The second-order valence-corrected chi connectivity index (χ2v) is 7.70. The molecule has 1 amide bonds. The number of fused-ring (bicyclic) bond motifs is 1. The summed E-state index contributed by atoms with van der Waals surface area (Å²) in [6.45, 7) is 7.29. The molecule has 2 aromatic carbocycles. The van der Waals surface area contributed by atoms with Crippen molar-refractivity contribution in [3.63, 3.8) is 0 Å². The number of amides is 1. The van der Waals surface area contributed by atoms with E-state index in [-0.39, 0.29) is 5.91 Å². The molecule has 0 unspecified atom stereocenters. The van der Waals surface area contributed by atoms with Crippen LogP contribution < -0.4 is 4.90 Å². The fraction of sp³-hybridized carbons (Fsp3) is 0.333. The Bertz CT molecular complexity index is 1080. The quantitative estimate of drug-likeness (QED) is 0.676. The van der Waals surface area contributed by atoms with E-state index in [2.05, 4.69) is 36.9 Å². The maximum Gasteiger partial charge on any atom is 0.227 e. The van der Waals surface area contributed by atoms with Crippen molar-refractivity contribution in [1.29, 1.82) is 5.26 Å². The van der Waals surface area contributed by atoms with Crippen LogP contribution in [0.15, 0.2) is 47.1 Å². The Labute approximate surface area is 171 Å². The van der Waals surface area contributed by atoms with Gasteiger partial charge in [0.1, 0.15) is 5.58 Å². The molecule has 4 rings (SSSR count). The summed E-state index contributed by atoms with van der Waals surface area (Å²) in [4.78, 5) is 17.2. The minimum Gasteiger partial charge on any atom is -0.464 e. The number of carbonyl (C=O) groups excluding carboxylic acids is 1. The molecule has 0 aliphatic carbocycles. The van der Waals surface area contributed by atoms with E-state index >= 15 is 0 Å². The van der Waals surface area contributed by atoms with E-state index in [0.29, 0.717) is 18.5 Å². The molecule has 0 atom stereocenters. The molecule has 0 radical (unpaired) electrons. The van der Waals surface area contributed by atoms with Crippen LogP contribution >= 0.6 is 0 Å². The molecule has 1 saturated heterocycles. The van der Waals surface area contributed by atoms with Gasteiger partial charge >= 0.3 is 0 Å². The SMILES string of the molecule is Cc1ccc2c(CC(=O)N3CCCN(c4ccc(C#N)cc4)CC3)coc2c1C. The van der Waals surface area contributed by atoms with Crippen LogP contribution in [0, 0.1) is 25.2 Å². The summed E-state index contributed by atoms with van der Waals surface area (Å²) in [6.07, 6.45) is 3.03. The number of nitriles is 1. The van der Waals surface area contributed by atoms with Gasteiger partial charge in [-0.3, -0.25) is 4.79 Å². The van der Waals surface area contributed by atoms with Crippen molar-refractivity contribution in [3.8, 4) is 6.07 Å². The molecule has 1 aliphatic heterocycles. The summed E-state index contributed by atoms with van der Waals surface area (Å²) in [5.41, 5.74) is 5.94. The Morgan fingerprint density at radius 1 is 1.07 bits per heavy atom. The van der Waals surface area contributed by atoms with Crippen LogP contribution in [-0.4, -0.2) is 37.0 Å². The van der Waals surface area contributed by atoms with Crippen molar-refractivity contribution in [2.75, 3.05) is 31.1 Å². The molecular weight excluding hydrogens is 362 g/mol. The average Bonchev–Trinajstić information content (AvgIpc) is 2.98. The van der Waals surface area contributed by atoms with Gasteiger partial charge in [-0.15, -0.1) is 0 Å². The van der Waals surface area contributed by atoms with Gasteiger partial charge in [-0.2, -0.15) is 5.26 Å². The summed E-state index contributed by atoms with van der Waals surface area (Å²) in [6, 6.07) is 13.9. The first-order valence-corrected chi connectivity index (χ1v) is 10.1. The largest absolute Gasteiger partial charge is 0.464 e. The van der Waals surface area contributed by atoms with Crippen molar-refractivity contribution in [3.05, 3.63) is 64.9 Å². The molecule has 0 N–H and O–H groups in total. The Balaban J connectivity index is 1.43. The van der Waals surface area contributed by atoms with Gasteiger partial charge in [0.05, 0.1) is 24.3 Å². The molecule has 5 nitrogen and oxygen atoms in total. The lowest BCUT2D eigenvalue weighted by Gasteiger charge is -2.23. The van der Waals surface area contributed by atoms with Gasteiger partial charge in [0.15, 0.2) is 0 Å². The number of rotatable bonds is 3. The summed E-state index contributed by atoms with van der Waals surface area (Å²) < 4.78 is 5.77. The second-order valence-electron chi connectivity index (χ2n) is 7.70. The summed E-state index contributed by atoms with van der Waals surface area (Å²) in [5.74, 6) is 0.146. The molecule has 3 aromatic rings.